The highest BCUT2D eigenvalue weighted by molar-refractivity contribution is 6.31. The zero-order valence-corrected chi connectivity index (χ0v) is 13.6. The van der Waals surface area contributed by atoms with Gasteiger partial charge in [-0.3, -0.25) is 0 Å². The van der Waals surface area contributed by atoms with Crippen molar-refractivity contribution in [3.63, 3.8) is 0 Å². The summed E-state index contributed by atoms with van der Waals surface area (Å²) in [6.07, 6.45) is 0.813. The van der Waals surface area contributed by atoms with E-state index in [1.54, 1.807) is 12.1 Å². The van der Waals surface area contributed by atoms with Gasteiger partial charge in [-0.2, -0.15) is 0 Å². The van der Waals surface area contributed by atoms with Gasteiger partial charge < -0.3 is 5.11 Å². The van der Waals surface area contributed by atoms with Gasteiger partial charge in [-0.15, -0.1) is 15.0 Å². The van der Waals surface area contributed by atoms with Crippen LogP contribution >= 0.6 is 11.6 Å². The van der Waals surface area contributed by atoms with Crippen LogP contribution in [0.1, 0.15) is 25.0 Å². The minimum absolute atomic E-state index is 0.241. The lowest BCUT2D eigenvalue weighted by atomic mass is 9.99. The van der Waals surface area contributed by atoms with E-state index in [0.29, 0.717) is 22.1 Å². The van der Waals surface area contributed by atoms with E-state index < -0.39 is 0 Å². The summed E-state index contributed by atoms with van der Waals surface area (Å²) in [4.78, 5) is 1.48. The van der Waals surface area contributed by atoms with Gasteiger partial charge in [0.25, 0.3) is 0 Å². The first-order valence-corrected chi connectivity index (χ1v) is 7.67. The lowest BCUT2D eigenvalue weighted by molar-refractivity contribution is 0.455. The normalized spacial score (nSPS) is 11.5. The second-order valence-corrected chi connectivity index (χ2v) is 6.45. The summed E-state index contributed by atoms with van der Waals surface area (Å²) in [5.41, 5.74) is 4.05. The van der Waals surface area contributed by atoms with Crippen LogP contribution in [0.4, 0.5) is 0 Å². The van der Waals surface area contributed by atoms with Crippen LogP contribution in [0.25, 0.3) is 16.7 Å². The van der Waals surface area contributed by atoms with Crippen molar-refractivity contribution in [3.05, 3.63) is 46.5 Å². The molecule has 1 N–H and O–H groups in total. The van der Waals surface area contributed by atoms with E-state index in [4.69, 9.17) is 11.6 Å². The molecule has 0 aliphatic carbocycles. The van der Waals surface area contributed by atoms with Crippen molar-refractivity contribution in [2.24, 2.45) is 5.92 Å². The average molecular weight is 316 g/mol. The smallest absolute Gasteiger partial charge is 0.146 e. The van der Waals surface area contributed by atoms with Crippen LogP contribution in [0.15, 0.2) is 30.3 Å². The monoisotopic (exact) mass is 315 g/mol. The minimum Gasteiger partial charge on any atom is -0.505 e. The molecular formula is C17H18ClN3O. The predicted molar refractivity (Wildman–Crippen MR) is 88.8 cm³/mol. The molecule has 0 aliphatic heterocycles. The molecule has 0 fully saturated rings. The van der Waals surface area contributed by atoms with Gasteiger partial charge in [0.15, 0.2) is 0 Å². The van der Waals surface area contributed by atoms with Crippen molar-refractivity contribution >= 4 is 22.6 Å². The number of benzene rings is 2. The summed E-state index contributed by atoms with van der Waals surface area (Å²) in [6.45, 7) is 6.26. The number of hydrogen-bond acceptors (Lipinski definition) is 3. The highest BCUT2D eigenvalue weighted by atomic mass is 35.5. The molecule has 0 saturated heterocycles. The molecular weight excluding hydrogens is 298 g/mol. The Morgan fingerprint density at radius 1 is 1.14 bits per heavy atom. The van der Waals surface area contributed by atoms with Crippen LogP contribution in [0.2, 0.25) is 5.02 Å². The number of hydrogen-bond donors (Lipinski definition) is 1. The summed E-state index contributed by atoms with van der Waals surface area (Å²) in [6, 6.07) is 9.27. The third kappa shape index (κ3) is 2.79. The molecule has 3 aromatic rings. The van der Waals surface area contributed by atoms with E-state index in [-0.39, 0.29) is 5.75 Å². The number of fused-ring (bicyclic) bond motifs is 1. The van der Waals surface area contributed by atoms with Crippen molar-refractivity contribution in [2.45, 2.75) is 27.2 Å². The first-order chi connectivity index (χ1) is 10.4. The van der Waals surface area contributed by atoms with Gasteiger partial charge in [-0.05, 0) is 54.7 Å². The molecule has 1 aromatic heterocycles. The maximum Gasteiger partial charge on any atom is 0.146 e. The van der Waals surface area contributed by atoms with Gasteiger partial charge >= 0.3 is 0 Å². The molecule has 0 aliphatic rings. The van der Waals surface area contributed by atoms with E-state index in [9.17, 15) is 5.11 Å². The topological polar surface area (TPSA) is 50.9 Å². The fraction of sp³-hybridized carbons (Fsp3) is 0.294. The number of halogens is 1. The Bertz CT molecular complexity index is 839. The zero-order chi connectivity index (χ0) is 15.9. The first kappa shape index (κ1) is 14.9. The summed E-state index contributed by atoms with van der Waals surface area (Å²) in [7, 11) is 0. The van der Waals surface area contributed by atoms with Gasteiger partial charge in [0.05, 0.1) is 0 Å². The lowest BCUT2D eigenvalue weighted by Crippen LogP contribution is -2.03. The number of aromatic hydroxyl groups is 1. The Kier molecular flexibility index (Phi) is 3.79. The minimum atomic E-state index is 0.241. The van der Waals surface area contributed by atoms with Crippen molar-refractivity contribution in [1.29, 1.82) is 0 Å². The fourth-order valence-corrected chi connectivity index (χ4v) is 2.74. The maximum atomic E-state index is 10.6. The Morgan fingerprint density at radius 2 is 1.86 bits per heavy atom. The van der Waals surface area contributed by atoms with Crippen LogP contribution in [0.5, 0.6) is 5.75 Å². The molecule has 0 spiro atoms. The Labute approximate surface area is 134 Å². The van der Waals surface area contributed by atoms with E-state index in [2.05, 4.69) is 24.0 Å². The molecule has 1 heterocycles. The highest BCUT2D eigenvalue weighted by Gasteiger charge is 2.14. The number of rotatable bonds is 3. The summed E-state index contributed by atoms with van der Waals surface area (Å²) in [5.74, 6) is 0.703. The van der Waals surface area contributed by atoms with Gasteiger partial charge in [0.2, 0.25) is 0 Å². The second-order valence-electron chi connectivity index (χ2n) is 6.01. The molecule has 2 aromatic carbocycles. The third-order valence-corrected chi connectivity index (χ3v) is 3.73. The summed E-state index contributed by atoms with van der Waals surface area (Å²) in [5, 5.41) is 20.0. The molecule has 22 heavy (non-hydrogen) atoms. The predicted octanol–water partition coefficient (Wildman–Crippen LogP) is 4.29. The Balaban J connectivity index is 2.14. The number of aryl methyl sites for hydroxylation is 1. The molecule has 0 bridgehead atoms. The largest absolute Gasteiger partial charge is 0.505 e. The molecule has 5 heteroatoms. The zero-order valence-electron chi connectivity index (χ0n) is 12.8. The van der Waals surface area contributed by atoms with Crippen LogP contribution < -0.4 is 0 Å². The van der Waals surface area contributed by atoms with Crippen molar-refractivity contribution in [2.75, 3.05) is 0 Å². The number of phenols is 1. The molecule has 0 saturated carbocycles. The molecule has 3 rings (SSSR count). The molecule has 0 radical (unpaired) electrons. The van der Waals surface area contributed by atoms with Crippen molar-refractivity contribution < 1.29 is 5.11 Å². The first-order valence-electron chi connectivity index (χ1n) is 7.29. The summed E-state index contributed by atoms with van der Waals surface area (Å²) >= 11 is 5.99. The van der Waals surface area contributed by atoms with Gasteiger partial charge in [-0.25, -0.2) is 0 Å². The van der Waals surface area contributed by atoms with E-state index in [1.165, 1.54) is 4.80 Å². The van der Waals surface area contributed by atoms with Crippen LogP contribution in [0.3, 0.4) is 0 Å². The quantitative estimate of drug-likeness (QED) is 0.784. The third-order valence-electron chi connectivity index (χ3n) is 3.50. The van der Waals surface area contributed by atoms with Crippen LogP contribution in [-0.4, -0.2) is 20.1 Å². The van der Waals surface area contributed by atoms with Gasteiger partial charge in [0, 0.05) is 5.02 Å². The molecule has 0 amide bonds. The molecule has 4 nitrogen and oxygen atoms in total. The van der Waals surface area contributed by atoms with Crippen LogP contribution in [0, 0.1) is 12.8 Å². The molecule has 114 valence electrons. The number of phenolic OH excluding ortho intramolecular Hbond substituents is 1. The second kappa shape index (κ2) is 5.61. The summed E-state index contributed by atoms with van der Waals surface area (Å²) < 4.78 is 0. The Morgan fingerprint density at radius 3 is 2.59 bits per heavy atom. The maximum absolute atomic E-state index is 10.6. The number of aromatic nitrogens is 3. The fourth-order valence-electron chi connectivity index (χ4n) is 2.58. The SMILES string of the molecule is Cc1cc(CC(C)C)c(O)c(-n2nc3ccc(Cl)cc3n2)c1. The standard InChI is InChI=1S/C17H18ClN3O/c1-10(2)6-12-7-11(3)8-16(17(12)22)21-19-14-5-4-13(18)9-15(14)20-21/h4-5,7-10,22H,6H2,1-3H3. The van der Waals surface area contributed by atoms with Crippen molar-refractivity contribution in [3.8, 4) is 11.4 Å². The van der Waals surface area contributed by atoms with E-state index >= 15 is 0 Å². The molecule has 0 atom stereocenters. The lowest BCUT2D eigenvalue weighted by Gasteiger charge is -2.12. The van der Waals surface area contributed by atoms with E-state index in [1.807, 2.05) is 25.1 Å². The highest BCUT2D eigenvalue weighted by Crippen LogP contribution is 2.30. The van der Waals surface area contributed by atoms with Gasteiger partial charge in [-0.1, -0.05) is 31.5 Å². The number of nitrogens with zero attached hydrogens (tertiary/aromatic N) is 3. The molecule has 0 unspecified atom stereocenters. The van der Waals surface area contributed by atoms with Crippen LogP contribution in [-0.2, 0) is 6.42 Å². The van der Waals surface area contributed by atoms with E-state index in [0.717, 1.165) is 23.1 Å². The average Bonchev–Trinajstić information content (AvgIpc) is 2.84. The van der Waals surface area contributed by atoms with Crippen molar-refractivity contribution in [1.82, 2.24) is 15.0 Å². The Hall–Kier alpha value is -2.07. The van der Waals surface area contributed by atoms with Gasteiger partial charge in [0.1, 0.15) is 22.5 Å².